The molecule has 0 aliphatic heterocycles. The van der Waals surface area contributed by atoms with Crippen molar-refractivity contribution in [2.45, 2.75) is 38.5 Å². The summed E-state index contributed by atoms with van der Waals surface area (Å²) in [7, 11) is 0. The summed E-state index contributed by atoms with van der Waals surface area (Å²) in [6, 6.07) is 25.0. The van der Waals surface area contributed by atoms with E-state index in [2.05, 4.69) is 5.32 Å². The zero-order chi connectivity index (χ0) is 25.2. The van der Waals surface area contributed by atoms with Crippen molar-refractivity contribution in [3.8, 4) is 5.75 Å². The minimum Gasteiger partial charge on any atom is -0.489 e. The van der Waals surface area contributed by atoms with Crippen LogP contribution in [0.4, 0.5) is 0 Å². The molecule has 2 amide bonds. The second-order valence-corrected chi connectivity index (χ2v) is 8.44. The van der Waals surface area contributed by atoms with E-state index >= 15 is 0 Å². The number of ether oxygens (including phenoxy) is 1. The van der Waals surface area contributed by atoms with Crippen molar-refractivity contribution in [3.05, 3.63) is 102 Å². The number of aliphatic hydroxyl groups excluding tert-OH is 1. The van der Waals surface area contributed by atoms with Crippen molar-refractivity contribution in [1.82, 2.24) is 5.32 Å². The molecule has 1 unspecified atom stereocenters. The lowest BCUT2D eigenvalue weighted by Crippen LogP contribution is -2.51. The van der Waals surface area contributed by atoms with Gasteiger partial charge in [0.25, 0.3) is 0 Å². The van der Waals surface area contributed by atoms with Crippen LogP contribution in [0.15, 0.2) is 84.9 Å². The normalized spacial score (nSPS) is 13.3. The molecule has 35 heavy (non-hydrogen) atoms. The van der Waals surface area contributed by atoms with Crippen LogP contribution in [-0.4, -0.2) is 34.8 Å². The largest absolute Gasteiger partial charge is 0.489 e. The Balaban J connectivity index is 1.68. The lowest BCUT2D eigenvalue weighted by Gasteiger charge is -2.24. The van der Waals surface area contributed by atoms with Crippen molar-refractivity contribution >= 4 is 17.6 Å². The first-order chi connectivity index (χ1) is 16.8. The third-order valence-corrected chi connectivity index (χ3v) is 5.70. The molecule has 0 saturated carbocycles. The topological polar surface area (TPSA) is 119 Å². The summed E-state index contributed by atoms with van der Waals surface area (Å²) in [4.78, 5) is 37.0. The van der Waals surface area contributed by atoms with E-state index in [4.69, 9.17) is 10.5 Å². The number of carbonyl (C=O) groups excluding carboxylic acids is 3. The van der Waals surface area contributed by atoms with Gasteiger partial charge in [-0.2, -0.15) is 0 Å². The van der Waals surface area contributed by atoms with E-state index in [0.29, 0.717) is 12.4 Å². The van der Waals surface area contributed by atoms with Crippen LogP contribution in [0, 0.1) is 5.92 Å². The first-order valence-electron chi connectivity index (χ1n) is 11.4. The third-order valence-electron chi connectivity index (χ3n) is 5.70. The molecule has 0 fully saturated rings. The fraction of sp³-hybridized carbons (Fsp3) is 0.250. The zero-order valence-electron chi connectivity index (χ0n) is 19.6. The number of hydrogen-bond donors (Lipinski definition) is 3. The third kappa shape index (κ3) is 7.79. The number of nitrogens with two attached hydrogens (primary N) is 1. The Bertz CT molecular complexity index is 1120. The number of hydrogen-bond acceptors (Lipinski definition) is 5. The van der Waals surface area contributed by atoms with Gasteiger partial charge in [-0.05, 0) is 42.2 Å². The van der Waals surface area contributed by atoms with Gasteiger partial charge in [-0.1, -0.05) is 72.8 Å². The van der Waals surface area contributed by atoms with Crippen molar-refractivity contribution in [2.75, 3.05) is 0 Å². The van der Waals surface area contributed by atoms with Crippen LogP contribution in [0.25, 0.3) is 0 Å². The first kappa shape index (κ1) is 25.6. The molecule has 0 aliphatic rings. The van der Waals surface area contributed by atoms with Gasteiger partial charge in [0.2, 0.25) is 11.8 Å². The summed E-state index contributed by atoms with van der Waals surface area (Å²) < 4.78 is 5.79. The molecule has 7 heteroatoms. The van der Waals surface area contributed by atoms with Crippen LogP contribution in [0.5, 0.6) is 5.75 Å². The summed E-state index contributed by atoms with van der Waals surface area (Å²) in [5.74, 6) is -2.27. The smallest absolute Gasteiger partial charge is 0.240 e. The Hall–Kier alpha value is -3.97. The molecule has 3 aromatic rings. The molecule has 3 rings (SSSR count). The minimum absolute atomic E-state index is 0.0996. The number of aliphatic hydroxyl groups is 1. The average Bonchev–Trinajstić information content (AvgIpc) is 2.87. The Morgan fingerprint density at radius 2 is 1.37 bits per heavy atom. The van der Waals surface area contributed by atoms with Crippen molar-refractivity contribution in [3.63, 3.8) is 0 Å². The zero-order valence-corrected chi connectivity index (χ0v) is 19.6. The molecule has 3 atom stereocenters. The summed E-state index contributed by atoms with van der Waals surface area (Å²) in [5.41, 5.74) is 8.11. The van der Waals surface area contributed by atoms with Crippen LogP contribution in [0.3, 0.4) is 0 Å². The fourth-order valence-corrected chi connectivity index (χ4v) is 3.70. The van der Waals surface area contributed by atoms with Gasteiger partial charge in [0.05, 0.1) is 5.92 Å². The molecule has 7 nitrogen and oxygen atoms in total. The second kappa shape index (κ2) is 12.5. The van der Waals surface area contributed by atoms with Gasteiger partial charge in [-0.3, -0.25) is 14.4 Å². The number of ketones is 1. The molecule has 0 aliphatic carbocycles. The average molecular weight is 475 g/mol. The quantitative estimate of drug-likeness (QED) is 0.373. The first-order valence-corrected chi connectivity index (χ1v) is 11.4. The van der Waals surface area contributed by atoms with E-state index < -0.39 is 35.7 Å². The standard InChI is InChI=1S/C28H30N2O5/c1-19(31)26(32)24(28(34)30-25(27(29)33)17-20-8-4-2-5-9-20)16-21-12-14-23(15-13-21)35-18-22-10-6-3-7-11-22/h2-15,24-26,32H,16-18H2,1H3,(H2,29,33)(H,30,34)/t24-,25+,26?/m1/s1. The number of benzene rings is 3. The van der Waals surface area contributed by atoms with Gasteiger partial charge in [0, 0.05) is 6.42 Å². The van der Waals surface area contributed by atoms with Crippen molar-refractivity contribution < 1.29 is 24.2 Å². The highest BCUT2D eigenvalue weighted by Crippen LogP contribution is 2.19. The molecule has 3 aromatic carbocycles. The van der Waals surface area contributed by atoms with E-state index in [1.54, 1.807) is 24.3 Å². The lowest BCUT2D eigenvalue weighted by molar-refractivity contribution is -0.138. The molecule has 0 radical (unpaired) electrons. The van der Waals surface area contributed by atoms with E-state index in [9.17, 15) is 19.5 Å². The summed E-state index contributed by atoms with van der Waals surface area (Å²) in [6.07, 6.45) is -1.21. The van der Waals surface area contributed by atoms with Gasteiger partial charge in [-0.25, -0.2) is 0 Å². The molecule has 0 heterocycles. The maximum atomic E-state index is 13.1. The highest BCUT2D eigenvalue weighted by atomic mass is 16.5. The van der Waals surface area contributed by atoms with Gasteiger partial charge in [-0.15, -0.1) is 0 Å². The van der Waals surface area contributed by atoms with Gasteiger partial charge in [0.1, 0.15) is 24.5 Å². The second-order valence-electron chi connectivity index (χ2n) is 8.44. The SMILES string of the molecule is CC(=O)C(O)[C@@H](Cc1ccc(OCc2ccccc2)cc1)C(=O)N[C@@H](Cc1ccccc1)C(N)=O. The Labute approximate surface area is 204 Å². The van der Waals surface area contributed by atoms with Crippen LogP contribution in [0.2, 0.25) is 0 Å². The van der Waals surface area contributed by atoms with E-state index in [1.165, 1.54) is 6.92 Å². The molecular formula is C28H30N2O5. The molecule has 0 bridgehead atoms. The molecular weight excluding hydrogens is 444 g/mol. The molecule has 4 N–H and O–H groups in total. The lowest BCUT2D eigenvalue weighted by atomic mass is 9.90. The maximum Gasteiger partial charge on any atom is 0.240 e. The van der Waals surface area contributed by atoms with E-state index in [1.807, 2.05) is 60.7 Å². The highest BCUT2D eigenvalue weighted by Gasteiger charge is 2.32. The van der Waals surface area contributed by atoms with Crippen LogP contribution >= 0.6 is 0 Å². The van der Waals surface area contributed by atoms with Gasteiger partial charge in [0.15, 0.2) is 5.78 Å². The Kier molecular flexibility index (Phi) is 9.15. The number of Topliss-reactive ketones (excluding diaryl/α,β-unsaturated/α-hetero) is 1. The van der Waals surface area contributed by atoms with Crippen LogP contribution < -0.4 is 15.8 Å². The number of carbonyl (C=O) groups is 3. The molecule has 0 saturated heterocycles. The molecule has 182 valence electrons. The Morgan fingerprint density at radius 3 is 1.91 bits per heavy atom. The number of primary amides is 1. The van der Waals surface area contributed by atoms with Crippen LogP contribution in [0.1, 0.15) is 23.6 Å². The highest BCUT2D eigenvalue weighted by molar-refractivity contribution is 5.92. The van der Waals surface area contributed by atoms with E-state index in [-0.39, 0.29) is 12.8 Å². The number of rotatable bonds is 12. The van der Waals surface area contributed by atoms with Gasteiger partial charge < -0.3 is 20.9 Å². The summed E-state index contributed by atoms with van der Waals surface area (Å²) >= 11 is 0. The number of nitrogens with one attached hydrogen (secondary N) is 1. The Morgan fingerprint density at radius 1 is 0.829 bits per heavy atom. The molecule has 0 spiro atoms. The van der Waals surface area contributed by atoms with Crippen molar-refractivity contribution in [2.24, 2.45) is 11.7 Å². The predicted molar refractivity (Wildman–Crippen MR) is 132 cm³/mol. The monoisotopic (exact) mass is 474 g/mol. The summed E-state index contributed by atoms with van der Waals surface area (Å²) in [5, 5.41) is 13.1. The van der Waals surface area contributed by atoms with Crippen LogP contribution in [-0.2, 0) is 33.8 Å². The fourth-order valence-electron chi connectivity index (χ4n) is 3.70. The summed E-state index contributed by atoms with van der Waals surface area (Å²) in [6.45, 7) is 1.64. The minimum atomic E-state index is -1.52. The molecule has 0 aromatic heterocycles. The maximum absolute atomic E-state index is 13.1. The van der Waals surface area contributed by atoms with Gasteiger partial charge >= 0.3 is 0 Å². The predicted octanol–water partition coefficient (Wildman–Crippen LogP) is 2.59. The number of amides is 2. The van der Waals surface area contributed by atoms with E-state index in [0.717, 1.165) is 16.7 Å². The van der Waals surface area contributed by atoms with Crippen molar-refractivity contribution in [1.29, 1.82) is 0 Å².